The van der Waals surface area contributed by atoms with Gasteiger partial charge in [0.1, 0.15) is 11.3 Å². The maximum absolute atomic E-state index is 9.71. The molecule has 3 rings (SSSR count). The molecule has 0 spiro atoms. The first-order chi connectivity index (χ1) is 8.27. The van der Waals surface area contributed by atoms with Gasteiger partial charge < -0.3 is 5.11 Å². The number of hydrogen-bond acceptors (Lipinski definition) is 2. The van der Waals surface area contributed by atoms with Gasteiger partial charge in [-0.15, -0.1) is 0 Å². The molecule has 2 aromatic carbocycles. The molecule has 0 bridgehead atoms. The van der Waals surface area contributed by atoms with Crippen molar-refractivity contribution < 1.29 is 5.11 Å². The van der Waals surface area contributed by atoms with Crippen molar-refractivity contribution in [3.8, 4) is 5.75 Å². The first kappa shape index (κ1) is 9.84. The first-order valence-corrected chi connectivity index (χ1v) is 5.45. The van der Waals surface area contributed by atoms with Gasteiger partial charge in [-0.2, -0.15) is 4.79 Å². The van der Waals surface area contributed by atoms with Crippen LogP contribution in [0, 0.1) is 0 Å². The number of aromatic hydroxyl groups is 1. The van der Waals surface area contributed by atoms with Gasteiger partial charge in [-0.3, -0.25) is 10.1 Å². The number of aromatic nitrogens is 2. The monoisotopic (exact) mass is 227 g/mol. The minimum atomic E-state index is 0.241. The summed E-state index contributed by atoms with van der Waals surface area (Å²) >= 11 is 0. The second-order valence-electron chi connectivity index (χ2n) is 3.95. The average molecular weight is 227 g/mol. The van der Waals surface area contributed by atoms with E-state index in [0.29, 0.717) is 5.69 Å². The van der Waals surface area contributed by atoms with E-state index in [4.69, 9.17) is 0 Å². The van der Waals surface area contributed by atoms with Crippen LogP contribution >= 0.6 is 0 Å². The van der Waals surface area contributed by atoms with Gasteiger partial charge in [0.15, 0.2) is 0 Å². The fourth-order valence-electron chi connectivity index (χ4n) is 1.96. The molecule has 3 aromatic rings. The summed E-state index contributed by atoms with van der Waals surface area (Å²) in [4.78, 5) is 1.89. The highest BCUT2D eigenvalue weighted by atomic mass is 16.3. The summed E-state index contributed by atoms with van der Waals surface area (Å²) in [5.74, 6) is 0.241. The third-order valence-electron chi connectivity index (χ3n) is 2.89. The van der Waals surface area contributed by atoms with Crippen molar-refractivity contribution in [1.82, 2.24) is 9.47 Å². The Morgan fingerprint density at radius 2 is 1.59 bits per heavy atom. The SMILES string of the molecule is Cn1c2ccccc2n1Nc1ccccc1O. The molecule has 2 N–H and O–H groups in total. The van der Waals surface area contributed by atoms with Gasteiger partial charge in [0, 0.05) is 7.05 Å². The molecule has 0 unspecified atom stereocenters. The lowest BCUT2D eigenvalue weighted by Crippen LogP contribution is -2.26. The van der Waals surface area contributed by atoms with Gasteiger partial charge in [-0.05, 0) is 24.3 Å². The van der Waals surface area contributed by atoms with Crippen molar-refractivity contribution in [2.75, 3.05) is 5.43 Å². The van der Waals surface area contributed by atoms with E-state index < -0.39 is 0 Å². The number of para-hydroxylation sites is 4. The highest BCUT2D eigenvalue weighted by molar-refractivity contribution is 5.79. The zero-order chi connectivity index (χ0) is 11.8. The Bertz CT molecular complexity index is 666. The molecule has 1 heterocycles. The number of benzene rings is 2. The average Bonchev–Trinajstić information content (AvgIpc) is 2.37. The van der Waals surface area contributed by atoms with Crippen LogP contribution in [0.4, 0.5) is 5.69 Å². The molecule has 17 heavy (non-hydrogen) atoms. The van der Waals surface area contributed by atoms with Gasteiger partial charge in [0.2, 0.25) is 0 Å². The molecule has 1 aromatic heterocycles. The molecule has 0 amide bonds. The van der Waals surface area contributed by atoms with Crippen LogP contribution in [0.25, 0.3) is 11.0 Å². The lowest BCUT2D eigenvalue weighted by Gasteiger charge is -2.24. The minimum Gasteiger partial charge on any atom is -0.506 e. The molecule has 4 nitrogen and oxygen atoms in total. The van der Waals surface area contributed by atoms with Crippen LogP contribution in [0.5, 0.6) is 5.75 Å². The summed E-state index contributed by atoms with van der Waals surface area (Å²) in [5, 5.41) is 9.71. The molecule has 0 radical (unpaired) electrons. The molecule has 0 aliphatic carbocycles. The van der Waals surface area contributed by atoms with Crippen LogP contribution in [0.1, 0.15) is 0 Å². The largest absolute Gasteiger partial charge is 0.506 e. The number of anilines is 1. The van der Waals surface area contributed by atoms with Crippen LogP contribution in [0.15, 0.2) is 48.5 Å². The maximum atomic E-state index is 9.71. The van der Waals surface area contributed by atoms with E-state index in [-0.39, 0.29) is 5.75 Å². The summed E-state index contributed by atoms with van der Waals surface area (Å²) < 4.78 is 1.99. The quantitative estimate of drug-likeness (QED) is 0.661. The normalized spacial score (nSPS) is 10.9. The molecular formula is C13H13N3O. The van der Waals surface area contributed by atoms with E-state index in [1.54, 1.807) is 12.1 Å². The van der Waals surface area contributed by atoms with Gasteiger partial charge in [0.05, 0.1) is 11.2 Å². The van der Waals surface area contributed by atoms with Gasteiger partial charge in [-0.1, -0.05) is 24.3 Å². The van der Waals surface area contributed by atoms with Crippen LogP contribution in [-0.4, -0.2) is 14.6 Å². The molecule has 4 heteroatoms. The number of nitrogens with zero attached hydrogens (tertiary/aromatic N) is 2. The van der Waals surface area contributed by atoms with E-state index in [1.165, 1.54) is 0 Å². The number of nitrogens with one attached hydrogen (secondary N) is 1. The highest BCUT2D eigenvalue weighted by Gasteiger charge is 2.10. The molecule has 86 valence electrons. The van der Waals surface area contributed by atoms with Crippen molar-refractivity contribution in [3.63, 3.8) is 0 Å². The van der Waals surface area contributed by atoms with Gasteiger partial charge >= 0.3 is 0 Å². The third kappa shape index (κ3) is 1.45. The second kappa shape index (κ2) is 3.59. The number of phenols is 1. The Labute approximate surface area is 98.7 Å². The van der Waals surface area contributed by atoms with Crippen molar-refractivity contribution >= 4 is 16.7 Å². The van der Waals surface area contributed by atoms with Gasteiger partial charge in [-0.25, -0.2) is 0 Å². The predicted octanol–water partition coefficient (Wildman–Crippen LogP) is 2.56. The molecule has 0 aliphatic heterocycles. The third-order valence-corrected chi connectivity index (χ3v) is 2.89. The number of aryl methyl sites for hydroxylation is 1. The van der Waals surface area contributed by atoms with E-state index in [0.717, 1.165) is 11.0 Å². The molecular weight excluding hydrogens is 214 g/mol. The summed E-state index contributed by atoms with van der Waals surface area (Å²) in [6.45, 7) is 0. The zero-order valence-electron chi connectivity index (χ0n) is 9.46. The summed E-state index contributed by atoms with van der Waals surface area (Å²) in [6, 6.07) is 15.3. The topological polar surface area (TPSA) is 42.1 Å². The fourth-order valence-corrected chi connectivity index (χ4v) is 1.96. The van der Waals surface area contributed by atoms with E-state index in [2.05, 4.69) is 11.5 Å². The smallest absolute Gasteiger partial charge is 0.140 e. The lowest BCUT2D eigenvalue weighted by atomic mass is 10.3. The standard InChI is InChI=1S/C13H13N3O/c1-15-11-7-3-4-8-12(11)16(15)14-10-6-2-5-9-13(10)17/h2-9,14,17H,1H3. The number of hydrogen-bond donors (Lipinski definition) is 2. The van der Waals surface area contributed by atoms with E-state index >= 15 is 0 Å². The summed E-state index contributed by atoms with van der Waals surface area (Å²) in [5.41, 5.74) is 6.11. The Hall–Kier alpha value is -2.36. The Morgan fingerprint density at radius 1 is 0.941 bits per heavy atom. The van der Waals surface area contributed by atoms with Crippen LogP contribution in [0.2, 0.25) is 0 Å². The molecule has 0 saturated heterocycles. The molecule has 0 fully saturated rings. The van der Waals surface area contributed by atoms with Crippen molar-refractivity contribution in [1.29, 1.82) is 0 Å². The Morgan fingerprint density at radius 3 is 2.35 bits per heavy atom. The fraction of sp³-hybridized carbons (Fsp3) is 0.0769. The van der Waals surface area contributed by atoms with E-state index in [1.807, 2.05) is 46.9 Å². The van der Waals surface area contributed by atoms with Crippen LogP contribution in [0.3, 0.4) is 0 Å². The van der Waals surface area contributed by atoms with Crippen LogP contribution < -0.4 is 5.43 Å². The predicted molar refractivity (Wildman–Crippen MR) is 68.0 cm³/mol. The number of phenolic OH excluding ortho intramolecular Hbond substituents is 1. The van der Waals surface area contributed by atoms with Crippen LogP contribution in [-0.2, 0) is 7.05 Å². The summed E-state index contributed by atoms with van der Waals surface area (Å²) in [6.07, 6.45) is 0. The first-order valence-electron chi connectivity index (χ1n) is 5.45. The summed E-state index contributed by atoms with van der Waals surface area (Å²) in [7, 11) is 1.97. The molecule has 0 aliphatic rings. The molecule has 0 saturated carbocycles. The number of rotatable bonds is 2. The Kier molecular flexibility index (Phi) is 2.08. The van der Waals surface area contributed by atoms with E-state index in [9.17, 15) is 5.11 Å². The highest BCUT2D eigenvalue weighted by Crippen LogP contribution is 2.24. The lowest BCUT2D eigenvalue weighted by molar-refractivity contribution is 0.474. The maximum Gasteiger partial charge on any atom is 0.140 e. The van der Waals surface area contributed by atoms with Gasteiger partial charge in [0.25, 0.3) is 0 Å². The van der Waals surface area contributed by atoms with Crippen molar-refractivity contribution in [3.05, 3.63) is 48.5 Å². The minimum absolute atomic E-state index is 0.241. The molecule has 0 atom stereocenters. The second-order valence-corrected chi connectivity index (χ2v) is 3.95. The van der Waals surface area contributed by atoms with Crippen molar-refractivity contribution in [2.24, 2.45) is 7.05 Å². The number of fused-ring (bicyclic) bond motifs is 1. The van der Waals surface area contributed by atoms with Crippen molar-refractivity contribution in [2.45, 2.75) is 0 Å². The zero-order valence-corrected chi connectivity index (χ0v) is 9.46. The Balaban J connectivity index is 2.02.